The van der Waals surface area contributed by atoms with Crippen LogP contribution in [-0.2, 0) is 9.53 Å². The number of esters is 1. The van der Waals surface area contributed by atoms with E-state index in [0.717, 1.165) is 7.11 Å². The van der Waals surface area contributed by atoms with E-state index in [2.05, 4.69) is 4.74 Å². The maximum absolute atomic E-state index is 10.9. The number of hydrogen-bond donors (Lipinski definition) is 2. The molecule has 0 amide bonds. The second kappa shape index (κ2) is 5.11. The number of methoxy groups -OCH3 is 1. The molecule has 0 aliphatic carbocycles. The van der Waals surface area contributed by atoms with E-state index in [1.54, 1.807) is 12.1 Å². The molecule has 0 saturated carbocycles. The third kappa shape index (κ3) is 2.92. The predicted octanol–water partition coefficient (Wildman–Crippen LogP) is 0.907. The van der Waals surface area contributed by atoms with E-state index < -0.39 is 18.2 Å². The average Bonchev–Trinajstić information content (AvgIpc) is 2.27. The highest BCUT2D eigenvalue weighted by Crippen LogP contribution is 2.19. The van der Waals surface area contributed by atoms with Crippen molar-refractivity contribution in [3.8, 4) is 0 Å². The fourth-order valence-corrected chi connectivity index (χ4v) is 1.22. The zero-order valence-corrected chi connectivity index (χ0v) is 8.81. The van der Waals surface area contributed by atoms with E-state index in [1.807, 2.05) is 0 Å². The summed E-state index contributed by atoms with van der Waals surface area (Å²) < 4.78 is 4.30. The summed E-state index contributed by atoms with van der Waals surface area (Å²) in [5.41, 5.74) is 0.400. The Morgan fingerprint density at radius 3 is 2.33 bits per heavy atom. The number of carbonyl (C=O) groups is 1. The van der Waals surface area contributed by atoms with Crippen molar-refractivity contribution < 1.29 is 19.7 Å². The molecule has 0 fully saturated rings. The smallest absolute Gasteiger partial charge is 0.337 e. The molecule has 0 spiro atoms. The summed E-state index contributed by atoms with van der Waals surface area (Å²) in [6.07, 6.45) is -2.90. The second-order valence-electron chi connectivity index (χ2n) is 2.96. The monoisotopic (exact) mass is 230 g/mol. The number of rotatable bonds is 3. The Labute approximate surface area is 92.1 Å². The first kappa shape index (κ1) is 12.0. The quantitative estimate of drug-likeness (QED) is 0.758. The lowest BCUT2D eigenvalue weighted by molar-refractivity contribution is -0.156. The Hall–Kier alpha value is -1.10. The van der Waals surface area contributed by atoms with Crippen molar-refractivity contribution in [3.63, 3.8) is 0 Å². The first-order valence-electron chi connectivity index (χ1n) is 4.25. The van der Waals surface area contributed by atoms with E-state index in [-0.39, 0.29) is 0 Å². The number of halogens is 1. The molecule has 0 bridgehead atoms. The lowest BCUT2D eigenvalue weighted by Gasteiger charge is -2.15. The zero-order chi connectivity index (χ0) is 11.4. The maximum atomic E-state index is 10.9. The van der Waals surface area contributed by atoms with E-state index in [4.69, 9.17) is 11.6 Å². The first-order chi connectivity index (χ1) is 7.06. The van der Waals surface area contributed by atoms with Crippen LogP contribution in [0.5, 0.6) is 0 Å². The molecule has 0 aliphatic heterocycles. The highest BCUT2D eigenvalue weighted by Gasteiger charge is 2.26. The van der Waals surface area contributed by atoms with Crippen LogP contribution in [0.3, 0.4) is 0 Å². The molecule has 0 unspecified atom stereocenters. The molecule has 0 saturated heterocycles. The van der Waals surface area contributed by atoms with Crippen molar-refractivity contribution in [1.82, 2.24) is 0 Å². The molecule has 0 radical (unpaired) electrons. The molecule has 1 rings (SSSR count). The Morgan fingerprint density at radius 2 is 1.87 bits per heavy atom. The van der Waals surface area contributed by atoms with Crippen molar-refractivity contribution in [3.05, 3.63) is 34.9 Å². The molecular formula is C10H11ClO4. The first-order valence-corrected chi connectivity index (χ1v) is 4.63. The van der Waals surface area contributed by atoms with Gasteiger partial charge in [-0.3, -0.25) is 0 Å². The van der Waals surface area contributed by atoms with E-state index in [1.165, 1.54) is 12.1 Å². The highest BCUT2D eigenvalue weighted by atomic mass is 35.5. The zero-order valence-electron chi connectivity index (χ0n) is 8.05. The Bertz CT molecular complexity index is 336. The predicted molar refractivity (Wildman–Crippen MR) is 54.4 cm³/mol. The number of aliphatic hydroxyl groups is 2. The van der Waals surface area contributed by atoms with Crippen molar-refractivity contribution in [1.29, 1.82) is 0 Å². The maximum Gasteiger partial charge on any atom is 0.337 e. The summed E-state index contributed by atoms with van der Waals surface area (Å²) in [6, 6.07) is 6.17. The molecule has 2 N–H and O–H groups in total. The third-order valence-corrected chi connectivity index (χ3v) is 2.21. The molecule has 2 atom stereocenters. The van der Waals surface area contributed by atoms with Gasteiger partial charge in [-0.15, -0.1) is 0 Å². The van der Waals surface area contributed by atoms with E-state index in [9.17, 15) is 15.0 Å². The molecule has 82 valence electrons. The summed E-state index contributed by atoms with van der Waals surface area (Å²) in [4.78, 5) is 10.9. The average molecular weight is 231 g/mol. The van der Waals surface area contributed by atoms with Crippen LogP contribution in [0, 0.1) is 0 Å². The minimum absolute atomic E-state index is 0.400. The lowest BCUT2D eigenvalue weighted by Crippen LogP contribution is -2.28. The number of benzene rings is 1. The van der Waals surface area contributed by atoms with Crippen molar-refractivity contribution in [2.75, 3.05) is 7.11 Å². The number of ether oxygens (including phenoxy) is 1. The molecule has 0 heterocycles. The summed E-state index contributed by atoms with van der Waals surface area (Å²) in [5.74, 6) is -0.877. The van der Waals surface area contributed by atoms with E-state index >= 15 is 0 Å². The van der Waals surface area contributed by atoms with Gasteiger partial charge in [-0.1, -0.05) is 23.7 Å². The fraction of sp³-hybridized carbons (Fsp3) is 0.300. The van der Waals surface area contributed by atoms with Crippen LogP contribution in [0.1, 0.15) is 11.7 Å². The number of carbonyl (C=O) groups excluding carboxylic acids is 1. The van der Waals surface area contributed by atoms with Gasteiger partial charge in [-0.25, -0.2) is 4.79 Å². The molecule has 4 nitrogen and oxygen atoms in total. The van der Waals surface area contributed by atoms with Gasteiger partial charge in [-0.2, -0.15) is 0 Å². The van der Waals surface area contributed by atoms with Crippen LogP contribution in [0.4, 0.5) is 0 Å². The molecule has 0 aromatic heterocycles. The second-order valence-corrected chi connectivity index (χ2v) is 3.40. The Morgan fingerprint density at radius 1 is 1.33 bits per heavy atom. The standard InChI is InChI=1S/C10H11ClO4/c1-15-10(14)9(13)8(12)6-2-4-7(11)5-3-6/h2-5,8-9,12-13H,1H3/t8-,9+/m0/s1. The fourth-order valence-electron chi connectivity index (χ4n) is 1.09. The van der Waals surface area contributed by atoms with Crippen LogP contribution in [-0.4, -0.2) is 29.4 Å². The molecule has 0 aliphatic rings. The molecular weight excluding hydrogens is 220 g/mol. The van der Waals surface area contributed by atoms with Crippen LogP contribution in [0.2, 0.25) is 5.02 Å². The van der Waals surface area contributed by atoms with Gasteiger partial charge in [-0.05, 0) is 17.7 Å². The lowest BCUT2D eigenvalue weighted by atomic mass is 10.0. The molecule has 5 heteroatoms. The van der Waals surface area contributed by atoms with Gasteiger partial charge in [0.15, 0.2) is 6.10 Å². The summed E-state index contributed by atoms with van der Waals surface area (Å²) >= 11 is 5.65. The number of hydrogen-bond acceptors (Lipinski definition) is 4. The minimum Gasteiger partial charge on any atom is -0.467 e. The SMILES string of the molecule is COC(=O)[C@H](O)[C@@H](O)c1ccc(Cl)cc1. The molecule has 1 aromatic rings. The van der Waals surface area contributed by atoms with Gasteiger partial charge in [0.2, 0.25) is 0 Å². The van der Waals surface area contributed by atoms with E-state index in [0.29, 0.717) is 10.6 Å². The molecule has 15 heavy (non-hydrogen) atoms. The summed E-state index contributed by atoms with van der Waals surface area (Å²) in [7, 11) is 1.14. The van der Waals surface area contributed by atoms with Gasteiger partial charge in [0.1, 0.15) is 6.10 Å². The van der Waals surface area contributed by atoms with Gasteiger partial charge < -0.3 is 14.9 Å². The largest absolute Gasteiger partial charge is 0.467 e. The van der Waals surface area contributed by atoms with Gasteiger partial charge in [0, 0.05) is 5.02 Å². The Kier molecular flexibility index (Phi) is 4.08. The summed E-state index contributed by atoms with van der Waals surface area (Å²) in [5, 5.41) is 19.5. The van der Waals surface area contributed by atoms with Crippen molar-refractivity contribution in [2.45, 2.75) is 12.2 Å². The number of aliphatic hydroxyl groups excluding tert-OH is 2. The van der Waals surface area contributed by atoms with Crippen molar-refractivity contribution in [2.24, 2.45) is 0 Å². The summed E-state index contributed by atoms with van der Waals surface area (Å²) in [6.45, 7) is 0. The normalized spacial score (nSPS) is 14.4. The Balaban J connectivity index is 2.80. The highest BCUT2D eigenvalue weighted by molar-refractivity contribution is 6.30. The van der Waals surface area contributed by atoms with Crippen LogP contribution < -0.4 is 0 Å². The topological polar surface area (TPSA) is 66.8 Å². The van der Waals surface area contributed by atoms with Crippen LogP contribution in [0.15, 0.2) is 24.3 Å². The van der Waals surface area contributed by atoms with Crippen LogP contribution in [0.25, 0.3) is 0 Å². The van der Waals surface area contributed by atoms with Gasteiger partial charge >= 0.3 is 5.97 Å². The van der Waals surface area contributed by atoms with Crippen molar-refractivity contribution >= 4 is 17.6 Å². The minimum atomic E-state index is -1.59. The van der Waals surface area contributed by atoms with Gasteiger partial charge in [0.25, 0.3) is 0 Å². The third-order valence-electron chi connectivity index (χ3n) is 1.95. The molecule has 1 aromatic carbocycles. The van der Waals surface area contributed by atoms with Crippen LogP contribution >= 0.6 is 11.6 Å². The van der Waals surface area contributed by atoms with Gasteiger partial charge in [0.05, 0.1) is 7.11 Å².